The quantitative estimate of drug-likeness (QED) is 0.867. The molecule has 0 aliphatic heterocycles. The summed E-state index contributed by atoms with van der Waals surface area (Å²) in [6, 6.07) is 1.24. The lowest BCUT2D eigenvalue weighted by Gasteiger charge is -2.24. The molecule has 0 bridgehead atoms. The van der Waals surface area contributed by atoms with E-state index in [1.54, 1.807) is 20.8 Å². The van der Waals surface area contributed by atoms with Crippen LogP contribution in [-0.4, -0.2) is 38.7 Å². The number of aromatic nitrogens is 2. The molecule has 0 spiro atoms. The molecule has 7 nitrogen and oxygen atoms in total. The molecule has 0 aliphatic carbocycles. The molecule has 0 aromatic carbocycles. The highest BCUT2D eigenvalue weighted by atomic mass is 19.4. The highest BCUT2D eigenvalue weighted by Gasteiger charge is 2.42. The molecule has 0 aliphatic rings. The zero-order valence-corrected chi connectivity index (χ0v) is 15.5. The molecule has 2 rings (SSSR count). The number of hydrogen-bond acceptors (Lipinski definition) is 4. The van der Waals surface area contributed by atoms with E-state index in [2.05, 4.69) is 5.10 Å². The van der Waals surface area contributed by atoms with Crippen LogP contribution in [0.15, 0.2) is 16.7 Å². The van der Waals surface area contributed by atoms with Gasteiger partial charge in [0.1, 0.15) is 17.1 Å². The van der Waals surface area contributed by atoms with Crippen molar-refractivity contribution in [1.82, 2.24) is 14.7 Å². The number of hydrogen-bond donors (Lipinski definition) is 1. The van der Waals surface area contributed by atoms with Gasteiger partial charge in [-0.2, -0.15) is 18.3 Å². The van der Waals surface area contributed by atoms with Crippen molar-refractivity contribution in [3.05, 3.63) is 40.6 Å². The van der Waals surface area contributed by atoms with Gasteiger partial charge in [0.25, 0.3) is 5.91 Å². The summed E-state index contributed by atoms with van der Waals surface area (Å²) in [6.07, 6.45) is -3.88. The van der Waals surface area contributed by atoms with Crippen LogP contribution < -0.4 is 0 Å². The van der Waals surface area contributed by atoms with Crippen LogP contribution in [0.2, 0.25) is 0 Å². The number of carboxylic acids is 1. The predicted molar refractivity (Wildman–Crippen MR) is 88.4 cm³/mol. The number of aromatic carboxylic acids is 1. The molecule has 0 fully saturated rings. The SMILES string of the molecule is Cc1oc(CN(C)C(=O)c2cnn(C(C)(C)C)c2C(F)(F)F)cc1C(=O)O. The van der Waals surface area contributed by atoms with Crippen molar-refractivity contribution in [1.29, 1.82) is 0 Å². The van der Waals surface area contributed by atoms with Crippen molar-refractivity contribution in [2.45, 2.75) is 46.0 Å². The van der Waals surface area contributed by atoms with Crippen molar-refractivity contribution in [3.8, 4) is 0 Å². The van der Waals surface area contributed by atoms with Crippen molar-refractivity contribution < 1.29 is 32.3 Å². The summed E-state index contributed by atoms with van der Waals surface area (Å²) in [5.74, 6) is -1.79. The predicted octanol–water partition coefficient (Wildman–Crippen LogP) is 3.53. The second-order valence-corrected chi connectivity index (χ2v) is 7.14. The number of amides is 1. The van der Waals surface area contributed by atoms with E-state index < -0.39 is 34.8 Å². The number of carbonyl (C=O) groups excluding carboxylic acids is 1. The molecule has 1 amide bonds. The maximum Gasteiger partial charge on any atom is 0.433 e. The second-order valence-electron chi connectivity index (χ2n) is 7.14. The van der Waals surface area contributed by atoms with E-state index in [0.717, 1.165) is 15.8 Å². The molecular weight excluding hydrogens is 367 g/mol. The summed E-state index contributed by atoms with van der Waals surface area (Å²) in [5.41, 5.74) is -2.76. The number of carbonyl (C=O) groups is 2. The Morgan fingerprint density at radius 1 is 1.26 bits per heavy atom. The topological polar surface area (TPSA) is 88.6 Å². The first-order valence-electron chi connectivity index (χ1n) is 7.97. The first kappa shape index (κ1) is 20.5. The van der Waals surface area contributed by atoms with E-state index in [0.29, 0.717) is 0 Å². The number of furan rings is 1. The molecule has 0 atom stereocenters. The molecule has 0 saturated carbocycles. The fourth-order valence-electron chi connectivity index (χ4n) is 2.63. The van der Waals surface area contributed by atoms with Gasteiger partial charge in [-0.05, 0) is 33.8 Å². The normalized spacial score (nSPS) is 12.3. The van der Waals surface area contributed by atoms with Crippen molar-refractivity contribution in [2.24, 2.45) is 0 Å². The minimum absolute atomic E-state index is 0.0672. The lowest BCUT2D eigenvalue weighted by atomic mass is 10.1. The highest BCUT2D eigenvalue weighted by molar-refractivity contribution is 5.95. The zero-order valence-electron chi connectivity index (χ0n) is 15.5. The van der Waals surface area contributed by atoms with Gasteiger partial charge in [-0.1, -0.05) is 0 Å². The first-order chi connectivity index (χ1) is 12.2. The summed E-state index contributed by atoms with van der Waals surface area (Å²) < 4.78 is 46.7. The number of rotatable bonds is 4. The third-order valence-corrected chi connectivity index (χ3v) is 3.84. The summed E-state index contributed by atoms with van der Waals surface area (Å²) in [4.78, 5) is 24.7. The smallest absolute Gasteiger partial charge is 0.433 e. The Morgan fingerprint density at radius 2 is 1.85 bits per heavy atom. The van der Waals surface area contributed by atoms with Gasteiger partial charge >= 0.3 is 12.1 Å². The van der Waals surface area contributed by atoms with Crippen LogP contribution >= 0.6 is 0 Å². The standard InChI is InChI=1S/C17H20F3N3O4/c1-9-11(15(25)26)6-10(27-9)8-22(5)14(24)12-7-21-23(16(2,3)4)13(12)17(18,19)20/h6-7H,8H2,1-5H3,(H,25,26). The van der Waals surface area contributed by atoms with Gasteiger partial charge in [0, 0.05) is 7.05 Å². The Balaban J connectivity index is 2.36. The lowest BCUT2D eigenvalue weighted by Crippen LogP contribution is -2.32. The van der Waals surface area contributed by atoms with Gasteiger partial charge in [-0.3, -0.25) is 9.48 Å². The minimum Gasteiger partial charge on any atom is -0.478 e. The molecule has 2 heterocycles. The average Bonchev–Trinajstić information content (AvgIpc) is 3.09. The van der Waals surface area contributed by atoms with Crippen LogP contribution in [0.4, 0.5) is 13.2 Å². The Morgan fingerprint density at radius 3 is 2.30 bits per heavy atom. The van der Waals surface area contributed by atoms with E-state index in [9.17, 15) is 22.8 Å². The van der Waals surface area contributed by atoms with Gasteiger partial charge in [-0.25, -0.2) is 4.79 Å². The fourth-order valence-corrected chi connectivity index (χ4v) is 2.63. The van der Waals surface area contributed by atoms with E-state index in [1.165, 1.54) is 20.0 Å². The second kappa shape index (κ2) is 6.75. The molecule has 1 N–H and O–H groups in total. The maximum atomic E-state index is 13.6. The Labute approximate surface area is 153 Å². The van der Waals surface area contributed by atoms with Crippen LogP contribution in [-0.2, 0) is 18.3 Å². The van der Waals surface area contributed by atoms with Crippen LogP contribution in [0.25, 0.3) is 0 Å². The van der Waals surface area contributed by atoms with Crippen LogP contribution in [0.5, 0.6) is 0 Å². The van der Waals surface area contributed by atoms with Gasteiger partial charge in [0.15, 0.2) is 5.69 Å². The van der Waals surface area contributed by atoms with Crippen molar-refractivity contribution >= 4 is 11.9 Å². The summed E-state index contributed by atoms with van der Waals surface area (Å²) in [5, 5.41) is 12.8. The summed E-state index contributed by atoms with van der Waals surface area (Å²) in [6.45, 7) is 5.90. The van der Waals surface area contributed by atoms with Gasteiger partial charge in [-0.15, -0.1) is 0 Å². The molecule has 27 heavy (non-hydrogen) atoms. The lowest BCUT2D eigenvalue weighted by molar-refractivity contribution is -0.146. The Kier molecular flexibility index (Phi) is 5.13. The molecule has 148 valence electrons. The maximum absolute atomic E-state index is 13.6. The number of nitrogens with zero attached hydrogens (tertiary/aromatic N) is 3. The molecule has 0 unspecified atom stereocenters. The van der Waals surface area contributed by atoms with E-state index in [1.807, 2.05) is 0 Å². The monoisotopic (exact) mass is 387 g/mol. The molecule has 0 saturated heterocycles. The molecule has 2 aromatic heterocycles. The molecule has 0 radical (unpaired) electrons. The van der Waals surface area contributed by atoms with Crippen LogP contribution in [0.1, 0.15) is 58.7 Å². The fraction of sp³-hybridized carbons (Fsp3) is 0.471. The molecular formula is C17H20F3N3O4. The largest absolute Gasteiger partial charge is 0.478 e. The number of alkyl halides is 3. The van der Waals surface area contributed by atoms with Crippen LogP contribution in [0, 0.1) is 6.92 Å². The van der Waals surface area contributed by atoms with Gasteiger partial charge < -0.3 is 14.4 Å². The van der Waals surface area contributed by atoms with Crippen molar-refractivity contribution in [2.75, 3.05) is 7.05 Å². The first-order valence-corrected chi connectivity index (χ1v) is 7.97. The average molecular weight is 387 g/mol. The van der Waals surface area contributed by atoms with E-state index >= 15 is 0 Å². The molecule has 2 aromatic rings. The van der Waals surface area contributed by atoms with E-state index in [-0.39, 0.29) is 23.6 Å². The Hall–Kier alpha value is -2.78. The minimum atomic E-state index is -4.77. The Bertz CT molecular complexity index is 875. The number of aryl methyl sites for hydroxylation is 1. The number of carboxylic acid groups (broad SMARTS) is 1. The summed E-state index contributed by atoms with van der Waals surface area (Å²) in [7, 11) is 1.30. The summed E-state index contributed by atoms with van der Waals surface area (Å²) >= 11 is 0. The highest BCUT2D eigenvalue weighted by Crippen LogP contribution is 2.35. The van der Waals surface area contributed by atoms with Crippen molar-refractivity contribution in [3.63, 3.8) is 0 Å². The van der Waals surface area contributed by atoms with Gasteiger partial charge in [0.2, 0.25) is 0 Å². The number of halogens is 3. The van der Waals surface area contributed by atoms with Gasteiger partial charge in [0.05, 0.1) is 23.8 Å². The molecule has 10 heteroatoms. The van der Waals surface area contributed by atoms with Crippen LogP contribution in [0.3, 0.4) is 0 Å². The third-order valence-electron chi connectivity index (χ3n) is 3.84. The third kappa shape index (κ3) is 4.15. The van der Waals surface area contributed by atoms with E-state index in [4.69, 9.17) is 9.52 Å². The zero-order chi connectivity index (χ0) is 20.7.